The normalized spacial score (nSPS) is 11.1. The maximum atomic E-state index is 12.6. The number of nitrogens with zero attached hydrogens (tertiary/aromatic N) is 7. The fourth-order valence-corrected chi connectivity index (χ4v) is 11.1. The van der Waals surface area contributed by atoms with Crippen LogP contribution in [-0.4, -0.2) is 34.1 Å². The van der Waals surface area contributed by atoms with Gasteiger partial charge in [-0.05, 0) is 185 Å². The van der Waals surface area contributed by atoms with E-state index in [0.29, 0.717) is 11.1 Å². The van der Waals surface area contributed by atoms with Crippen molar-refractivity contribution in [2.24, 2.45) is 14.1 Å². The van der Waals surface area contributed by atoms with Gasteiger partial charge >= 0.3 is 0 Å². The van der Waals surface area contributed by atoms with E-state index in [-0.39, 0.29) is 35.3 Å². The number of halogens is 3. The van der Waals surface area contributed by atoms with Crippen LogP contribution in [0.5, 0.6) is 0 Å². The molecule has 0 spiro atoms. The number of fused-ring (bicyclic) bond motifs is 8. The Bertz CT molecular complexity index is 5120. The van der Waals surface area contributed by atoms with Crippen LogP contribution in [0.25, 0.3) is 76.4 Å². The van der Waals surface area contributed by atoms with E-state index in [4.69, 9.17) is 5.48 Å². The minimum atomic E-state index is -1.09. The van der Waals surface area contributed by atoms with Crippen LogP contribution in [0.15, 0.2) is 231 Å². The molecular weight excluding hydrogens is 1180 g/mol. The van der Waals surface area contributed by atoms with Gasteiger partial charge in [0.05, 0.1) is 11.0 Å². The van der Waals surface area contributed by atoms with E-state index in [1.165, 1.54) is 102 Å². The molecule has 6 aromatic heterocycles. The summed E-state index contributed by atoms with van der Waals surface area (Å²) in [5.41, 5.74) is 19.8. The first-order valence-corrected chi connectivity index (χ1v) is 31.6. The molecule has 0 unspecified atom stereocenters. The lowest BCUT2D eigenvalue weighted by Crippen LogP contribution is -1.96. The first kappa shape index (κ1) is 64.5. The molecule has 10 heteroatoms. The van der Waals surface area contributed by atoms with Crippen LogP contribution in [0, 0.1) is 114 Å². The lowest BCUT2D eigenvalue weighted by molar-refractivity contribution is 0.480. The quantitative estimate of drug-likeness (QED) is 0.153. The smallest absolute Gasteiger partial charge is 0.164 e. The second-order valence-electron chi connectivity index (χ2n) is 23.8. The van der Waals surface area contributed by atoms with Crippen LogP contribution >= 0.6 is 0 Å². The summed E-state index contributed by atoms with van der Waals surface area (Å²) in [6, 6.07) is 66.7. The first-order valence-electron chi connectivity index (χ1n) is 33.6. The molecule has 482 valence electrons. The van der Waals surface area contributed by atoms with E-state index in [0.717, 1.165) is 51.3 Å². The van der Waals surface area contributed by atoms with Crippen LogP contribution < -0.4 is 0 Å². The Morgan fingerprint density at radius 2 is 0.811 bits per heavy atom. The predicted molar refractivity (Wildman–Crippen MR) is 395 cm³/mol. The average Bonchev–Trinajstić information content (AvgIpc) is 1.74. The molecule has 0 fully saturated rings. The maximum Gasteiger partial charge on any atom is 0.164 e. The second kappa shape index (κ2) is 32.8. The highest BCUT2D eigenvalue weighted by Gasteiger charge is 2.14. The molecule has 0 bridgehead atoms. The summed E-state index contributed by atoms with van der Waals surface area (Å²) in [6.07, 6.45) is 3.71. The highest BCUT2D eigenvalue weighted by atomic mass is 19.2. The summed E-state index contributed by atoms with van der Waals surface area (Å²) in [6.45, 7) is 26.1. The van der Waals surface area contributed by atoms with Crippen molar-refractivity contribution in [2.45, 2.75) is 96.9 Å². The monoisotopic (exact) mass is 1270 g/mol. The van der Waals surface area contributed by atoms with Crippen LogP contribution in [0.2, 0.25) is 0 Å². The summed E-state index contributed by atoms with van der Waals surface area (Å²) >= 11 is 0. The number of rotatable bonds is 1. The Hall–Kier alpha value is -10.6. The van der Waals surface area contributed by atoms with Crippen LogP contribution in [0.4, 0.5) is 13.2 Å². The van der Waals surface area contributed by atoms with E-state index in [9.17, 15) is 13.2 Å². The third-order valence-electron chi connectivity index (χ3n) is 15.9. The fraction of sp³-hybridized carbons (Fsp3) is 0.188. The minimum Gasteiger partial charge on any atom is -0.344 e. The summed E-state index contributed by atoms with van der Waals surface area (Å²) < 4.78 is 72.1. The summed E-state index contributed by atoms with van der Waals surface area (Å²) in [4.78, 5) is 21.5. The minimum absolute atomic E-state index is 0.00870. The third-order valence-corrected chi connectivity index (χ3v) is 15.9. The molecule has 0 aliphatic rings. The Labute approximate surface area is 564 Å². The van der Waals surface area contributed by atoms with E-state index >= 15 is 0 Å². The first-order chi connectivity index (χ1) is 47.2. The zero-order valence-electron chi connectivity index (χ0n) is 61.4. The maximum absolute atomic E-state index is 12.6. The van der Waals surface area contributed by atoms with Crippen molar-refractivity contribution in [1.82, 2.24) is 34.1 Å². The van der Waals surface area contributed by atoms with Crippen LogP contribution in [0.1, 0.15) is 84.3 Å². The fourth-order valence-electron chi connectivity index (χ4n) is 11.1. The zero-order valence-corrected chi connectivity index (χ0v) is 57.4. The van der Waals surface area contributed by atoms with Crippen molar-refractivity contribution in [3.05, 3.63) is 327 Å². The van der Waals surface area contributed by atoms with Gasteiger partial charge in [0, 0.05) is 120 Å². The van der Waals surface area contributed by atoms with Crippen molar-refractivity contribution in [3.63, 3.8) is 0 Å². The van der Waals surface area contributed by atoms with Crippen molar-refractivity contribution in [1.29, 1.82) is 0 Å². The highest BCUT2D eigenvalue weighted by molar-refractivity contribution is 6.09. The zero-order chi connectivity index (χ0) is 71.9. The molecule has 7 nitrogen and oxygen atoms in total. The van der Waals surface area contributed by atoms with Gasteiger partial charge in [-0.2, -0.15) is 0 Å². The molecule has 6 heterocycles. The number of benzene rings is 9. The highest BCUT2D eigenvalue weighted by Crippen LogP contribution is 2.33. The number of aromatic nitrogens is 7. The van der Waals surface area contributed by atoms with Gasteiger partial charge in [0.1, 0.15) is 11.6 Å². The van der Waals surface area contributed by atoms with Gasteiger partial charge in [0.2, 0.25) is 0 Å². The molecule has 0 amide bonds. The molecule has 0 saturated carbocycles. The molecule has 9 aromatic carbocycles. The molecule has 0 N–H and O–H groups in total. The SMILES string of the molecule is Cc1cc(F)c(C)c(F)c1F.Cc1ccc2c(c1)c1ccccc1n2C.Cc1ccc2c3ccccc3n(C)c2c1.Cc1cccc(C)n1.Cc1cncc(C)c1.Cc1nc(C)c2ccccc2c1-c1ccccc1.Cc1nc(C)c2ccccc2n1.[2H]c1c([2H])c(C)c([2H])c([2H])c1C. The lowest BCUT2D eigenvalue weighted by atomic mass is 9.96. The van der Waals surface area contributed by atoms with Gasteiger partial charge in [-0.3, -0.25) is 15.0 Å². The van der Waals surface area contributed by atoms with Crippen molar-refractivity contribution in [3.8, 4) is 11.1 Å². The number of pyridine rings is 3. The van der Waals surface area contributed by atoms with E-state index in [2.05, 4.69) is 215 Å². The van der Waals surface area contributed by atoms with Gasteiger partial charge in [0.25, 0.3) is 0 Å². The van der Waals surface area contributed by atoms with E-state index in [1.807, 2.05) is 102 Å². The van der Waals surface area contributed by atoms with Crippen LogP contribution in [-0.2, 0) is 14.1 Å². The lowest BCUT2D eigenvalue weighted by Gasteiger charge is -2.12. The molecule has 15 rings (SSSR count). The van der Waals surface area contributed by atoms with E-state index in [1.54, 1.807) is 13.8 Å². The second-order valence-corrected chi connectivity index (χ2v) is 23.8. The Kier molecular flexibility index (Phi) is 22.3. The summed E-state index contributed by atoms with van der Waals surface area (Å²) in [7, 11) is 4.25. The molecule has 0 saturated heterocycles. The number of aryl methyl sites for hydroxylation is 13. The van der Waals surface area contributed by atoms with Crippen LogP contribution in [0.3, 0.4) is 0 Å². The molecule has 0 aliphatic carbocycles. The Morgan fingerprint density at radius 3 is 1.38 bits per heavy atom. The van der Waals surface area contributed by atoms with Gasteiger partial charge in [0.15, 0.2) is 11.6 Å². The van der Waals surface area contributed by atoms with Crippen molar-refractivity contribution in [2.75, 3.05) is 0 Å². The molecule has 0 atom stereocenters. The Morgan fingerprint density at radius 1 is 0.337 bits per heavy atom. The van der Waals surface area contributed by atoms with E-state index < -0.39 is 17.5 Å². The summed E-state index contributed by atoms with van der Waals surface area (Å²) in [5.74, 6) is -1.93. The van der Waals surface area contributed by atoms with Gasteiger partial charge < -0.3 is 9.13 Å². The number of hydrogen-bond donors (Lipinski definition) is 0. The average molecular weight is 1270 g/mol. The molecule has 95 heavy (non-hydrogen) atoms. The summed E-state index contributed by atoms with van der Waals surface area (Å²) in [5, 5.41) is 9.05. The third kappa shape index (κ3) is 18.4. The number of hydrogen-bond acceptors (Lipinski definition) is 5. The van der Waals surface area contributed by atoms with Crippen molar-refractivity contribution < 1.29 is 18.7 Å². The predicted octanol–water partition coefficient (Wildman–Crippen LogP) is 22.5. The molecule has 15 aromatic rings. The van der Waals surface area contributed by atoms with Crippen molar-refractivity contribution >= 4 is 65.3 Å². The van der Waals surface area contributed by atoms with Gasteiger partial charge in [-0.25, -0.2) is 23.1 Å². The topological polar surface area (TPSA) is 74.3 Å². The van der Waals surface area contributed by atoms with Gasteiger partial charge in [-0.1, -0.05) is 180 Å². The Balaban J connectivity index is 0.000000146. The number of para-hydroxylation sites is 3. The largest absolute Gasteiger partial charge is 0.344 e. The molecular formula is C85H86F3N7. The molecule has 0 aliphatic heterocycles. The standard InChI is InChI=1S/C17H15N.2C14H13N.C10H10N2.C8H7F3.C8H10.2C7H9N/c1-12-15-10-6-7-11-16(15)17(13(2)18-12)14-8-4-3-5-9-14;1-10-7-8-14-12(9-10)11-5-3-4-6-13(11)15(14)2;1-10-7-8-12-11-5-3-4-6-13(11)15(2)14(12)9-10;1-7-9-5-3-4-6-10(9)12-8(2)11-7;1-4-3-6(9)5(2)8(11)7(4)10;1-7-3-5-8(2)6-4-7;1-6-3-7(2)5-8-4-6;1-6-4-3-5-7(2)8-6/h3-11H,1-2H3;2*3-9H,1-2H3;3-6H,1-2H3;3H,1-2H3;3-6H,1-2H3;2*3-5H,1-2H3/i;;;;;3D,4D,5D,6D;;. The molecule has 0 radical (unpaired) electrons. The van der Waals surface area contributed by atoms with Gasteiger partial charge in [-0.15, -0.1) is 0 Å².